The van der Waals surface area contributed by atoms with E-state index < -0.39 is 6.61 Å². The van der Waals surface area contributed by atoms with Gasteiger partial charge < -0.3 is 19.5 Å². The number of hydrogen-bond acceptors (Lipinski definition) is 6. The second-order valence-corrected chi connectivity index (χ2v) is 9.26. The smallest absolute Gasteiger partial charge is 0.387 e. The number of pyridine rings is 1. The van der Waals surface area contributed by atoms with Crippen molar-refractivity contribution in [2.24, 2.45) is 11.8 Å². The lowest BCUT2D eigenvalue weighted by Crippen LogP contribution is -2.33. The lowest BCUT2D eigenvalue weighted by atomic mass is 10.00. The van der Waals surface area contributed by atoms with Gasteiger partial charge in [-0.3, -0.25) is 9.20 Å². The van der Waals surface area contributed by atoms with Gasteiger partial charge in [0.15, 0.2) is 5.78 Å². The predicted octanol–water partition coefficient (Wildman–Crippen LogP) is 4.97. The Labute approximate surface area is 202 Å². The van der Waals surface area contributed by atoms with Crippen molar-refractivity contribution in [1.29, 1.82) is 0 Å². The van der Waals surface area contributed by atoms with Crippen LogP contribution in [-0.4, -0.2) is 48.6 Å². The lowest BCUT2D eigenvalue weighted by Gasteiger charge is -2.22. The lowest BCUT2D eigenvalue weighted by molar-refractivity contribution is -0.0502. The fourth-order valence-electron chi connectivity index (χ4n) is 4.59. The van der Waals surface area contributed by atoms with Crippen LogP contribution in [0.2, 0.25) is 0 Å². The van der Waals surface area contributed by atoms with E-state index in [2.05, 4.69) is 10.3 Å². The summed E-state index contributed by atoms with van der Waals surface area (Å²) < 4.78 is 44.5. The SMILES string of the molecule is COc1cc(-c2cnc3cc(OC[C@@H]4CCCNC4)ccn23)cc(OC(F)F)c1C(=O)CC1CC1. The molecule has 1 atom stereocenters. The Bertz CT molecular complexity index is 1200. The van der Waals surface area contributed by atoms with E-state index in [1.807, 2.05) is 22.7 Å². The van der Waals surface area contributed by atoms with E-state index in [1.165, 1.54) is 13.2 Å². The fourth-order valence-corrected chi connectivity index (χ4v) is 4.59. The second kappa shape index (κ2) is 10.2. The first-order chi connectivity index (χ1) is 17.0. The molecule has 2 fully saturated rings. The predicted molar refractivity (Wildman–Crippen MR) is 127 cm³/mol. The van der Waals surface area contributed by atoms with Crippen LogP contribution in [0.15, 0.2) is 36.7 Å². The van der Waals surface area contributed by atoms with Crippen LogP contribution in [0.5, 0.6) is 17.2 Å². The molecule has 1 aromatic carbocycles. The first kappa shape index (κ1) is 23.5. The Kier molecular flexibility index (Phi) is 6.86. The quantitative estimate of drug-likeness (QED) is 0.409. The number of alkyl halides is 2. The number of benzene rings is 1. The van der Waals surface area contributed by atoms with E-state index in [4.69, 9.17) is 14.2 Å². The second-order valence-electron chi connectivity index (χ2n) is 9.26. The molecule has 0 radical (unpaired) electrons. The van der Waals surface area contributed by atoms with Crippen LogP contribution in [-0.2, 0) is 0 Å². The molecule has 7 nitrogen and oxygen atoms in total. The monoisotopic (exact) mass is 485 g/mol. The van der Waals surface area contributed by atoms with Crippen molar-refractivity contribution < 1.29 is 27.8 Å². The van der Waals surface area contributed by atoms with E-state index >= 15 is 0 Å². The number of nitrogens with zero attached hydrogens (tertiary/aromatic N) is 2. The van der Waals surface area contributed by atoms with E-state index in [9.17, 15) is 13.6 Å². The molecule has 2 aliphatic rings. The number of ether oxygens (including phenoxy) is 3. The summed E-state index contributed by atoms with van der Waals surface area (Å²) in [4.78, 5) is 17.3. The van der Waals surface area contributed by atoms with Gasteiger partial charge in [-0.05, 0) is 56.3 Å². The highest BCUT2D eigenvalue weighted by atomic mass is 19.3. The normalized spacial score (nSPS) is 18.1. The third kappa shape index (κ3) is 5.40. The van der Waals surface area contributed by atoms with Gasteiger partial charge in [-0.2, -0.15) is 8.78 Å². The Hall–Kier alpha value is -3.20. The summed E-state index contributed by atoms with van der Waals surface area (Å²) in [6, 6.07) is 6.83. The summed E-state index contributed by atoms with van der Waals surface area (Å²) in [5.74, 6) is 1.28. The molecule has 1 aliphatic carbocycles. The number of imidazole rings is 1. The highest BCUT2D eigenvalue weighted by molar-refractivity contribution is 6.02. The summed E-state index contributed by atoms with van der Waals surface area (Å²) in [6.45, 7) is -0.411. The van der Waals surface area contributed by atoms with Gasteiger partial charge in [0, 0.05) is 36.7 Å². The first-order valence-corrected chi connectivity index (χ1v) is 12.0. The van der Waals surface area contributed by atoms with Crippen LogP contribution >= 0.6 is 0 Å². The summed E-state index contributed by atoms with van der Waals surface area (Å²) in [5, 5.41) is 3.39. The Morgan fingerprint density at radius 3 is 2.74 bits per heavy atom. The number of piperidine rings is 1. The minimum Gasteiger partial charge on any atom is -0.496 e. The van der Waals surface area contributed by atoms with Crippen molar-refractivity contribution >= 4 is 11.4 Å². The van der Waals surface area contributed by atoms with E-state index in [-0.39, 0.29) is 22.8 Å². The molecule has 0 spiro atoms. The number of aromatic nitrogens is 2. The van der Waals surface area contributed by atoms with Crippen LogP contribution < -0.4 is 19.5 Å². The van der Waals surface area contributed by atoms with Gasteiger partial charge in [-0.1, -0.05) is 0 Å². The largest absolute Gasteiger partial charge is 0.496 e. The minimum absolute atomic E-state index is 0.0603. The first-order valence-electron chi connectivity index (χ1n) is 12.0. The van der Waals surface area contributed by atoms with Gasteiger partial charge in [0.2, 0.25) is 0 Å². The number of Topliss-reactive ketones (excluding diaryl/α,β-unsaturated/α-hetero) is 1. The van der Waals surface area contributed by atoms with Crippen LogP contribution in [0, 0.1) is 11.8 Å². The Balaban J connectivity index is 1.44. The molecule has 0 unspecified atom stereocenters. The zero-order valence-electron chi connectivity index (χ0n) is 19.6. The van der Waals surface area contributed by atoms with E-state index in [1.54, 1.807) is 12.3 Å². The molecule has 0 amide bonds. The highest BCUT2D eigenvalue weighted by Gasteiger charge is 2.29. The maximum atomic E-state index is 13.2. The average molecular weight is 486 g/mol. The number of hydrogen-bond donors (Lipinski definition) is 1. The topological polar surface area (TPSA) is 74.1 Å². The Morgan fingerprint density at radius 1 is 1.20 bits per heavy atom. The van der Waals surface area contributed by atoms with Crippen LogP contribution in [0.4, 0.5) is 8.78 Å². The molecular weight excluding hydrogens is 456 g/mol. The van der Waals surface area contributed by atoms with Gasteiger partial charge >= 0.3 is 6.61 Å². The maximum Gasteiger partial charge on any atom is 0.387 e. The number of carbonyl (C=O) groups is 1. The van der Waals surface area contributed by atoms with Gasteiger partial charge in [0.1, 0.15) is 28.5 Å². The maximum absolute atomic E-state index is 13.2. The van der Waals surface area contributed by atoms with Crippen molar-refractivity contribution in [3.05, 3.63) is 42.2 Å². The standard InChI is InChI=1S/C26H29F2N3O4/c1-33-22-10-18(11-23(35-26(27)28)25(22)21(32)9-16-4-5-16)20-14-30-24-12-19(6-8-31(20)24)34-15-17-3-2-7-29-13-17/h6,8,10-12,14,16-17,26,29H,2-5,7,9,13,15H2,1H3/t17-/m1/s1. The molecule has 3 heterocycles. The number of carbonyl (C=O) groups excluding carboxylic acids is 1. The third-order valence-corrected chi connectivity index (χ3v) is 6.62. The molecule has 2 aromatic heterocycles. The van der Waals surface area contributed by atoms with Crippen LogP contribution in [0.3, 0.4) is 0 Å². The van der Waals surface area contributed by atoms with Gasteiger partial charge in [0.25, 0.3) is 0 Å². The van der Waals surface area contributed by atoms with Crippen LogP contribution in [0.25, 0.3) is 16.9 Å². The van der Waals surface area contributed by atoms with Gasteiger partial charge in [-0.15, -0.1) is 0 Å². The Morgan fingerprint density at radius 2 is 2.03 bits per heavy atom. The van der Waals surface area contributed by atoms with Gasteiger partial charge in [-0.25, -0.2) is 4.98 Å². The highest BCUT2D eigenvalue weighted by Crippen LogP contribution is 2.40. The molecule has 1 saturated carbocycles. The number of ketones is 1. The molecule has 3 aromatic rings. The number of nitrogens with one attached hydrogen (secondary N) is 1. The molecule has 1 N–H and O–H groups in total. The zero-order chi connectivity index (χ0) is 24.4. The van der Waals surface area contributed by atoms with Crippen molar-refractivity contribution in [2.45, 2.75) is 38.7 Å². The van der Waals surface area contributed by atoms with Gasteiger partial charge in [0.05, 0.1) is 25.6 Å². The molecule has 1 saturated heterocycles. The molecule has 35 heavy (non-hydrogen) atoms. The van der Waals surface area contributed by atoms with Crippen molar-refractivity contribution in [2.75, 3.05) is 26.8 Å². The van der Waals surface area contributed by atoms with E-state index in [0.29, 0.717) is 41.8 Å². The summed E-state index contributed by atoms with van der Waals surface area (Å²) in [5.41, 5.74) is 1.92. The molecular formula is C26H29F2N3O4. The average Bonchev–Trinajstić information content (AvgIpc) is 3.57. The van der Waals surface area contributed by atoms with Crippen molar-refractivity contribution in [3.8, 4) is 28.5 Å². The van der Waals surface area contributed by atoms with Crippen molar-refractivity contribution in [1.82, 2.24) is 14.7 Å². The number of fused-ring (bicyclic) bond motifs is 1. The molecule has 0 bridgehead atoms. The van der Waals surface area contributed by atoms with Crippen LogP contribution in [0.1, 0.15) is 42.5 Å². The van der Waals surface area contributed by atoms with Crippen molar-refractivity contribution in [3.63, 3.8) is 0 Å². The number of rotatable bonds is 10. The molecule has 1 aliphatic heterocycles. The number of halogens is 2. The summed E-state index contributed by atoms with van der Waals surface area (Å²) in [7, 11) is 1.42. The third-order valence-electron chi connectivity index (χ3n) is 6.62. The molecule has 186 valence electrons. The fraction of sp³-hybridized carbons (Fsp3) is 0.462. The molecule has 5 rings (SSSR count). The number of methoxy groups -OCH3 is 1. The summed E-state index contributed by atoms with van der Waals surface area (Å²) in [6.07, 6.45) is 8.03. The van der Waals surface area contributed by atoms with E-state index in [0.717, 1.165) is 44.5 Å². The zero-order valence-corrected chi connectivity index (χ0v) is 19.6. The summed E-state index contributed by atoms with van der Waals surface area (Å²) >= 11 is 0. The minimum atomic E-state index is -3.07. The molecule has 9 heteroatoms.